The summed E-state index contributed by atoms with van der Waals surface area (Å²) >= 11 is 6.00. The number of aryl methyl sites for hydroxylation is 4. The molecule has 222 valence electrons. The van der Waals surface area contributed by atoms with Crippen molar-refractivity contribution in [1.82, 2.24) is 0 Å². The van der Waals surface area contributed by atoms with E-state index in [1.807, 2.05) is 0 Å². The molecule has 0 atom stereocenters. The monoisotopic (exact) mass is 740 g/mol. The summed E-state index contributed by atoms with van der Waals surface area (Å²) in [6.07, 6.45) is 3.56. The maximum atomic E-state index is 6.18. The summed E-state index contributed by atoms with van der Waals surface area (Å²) in [4.78, 5) is 10.6. The maximum absolute atomic E-state index is 6.18. The minimum absolute atomic E-state index is 0.761. The molecule has 2 aromatic carbocycles. The zero-order valence-electron chi connectivity index (χ0n) is 25.5. The molecular formula is C30H48Br2N2NiO2Si2. The Morgan fingerprint density at radius 2 is 0.923 bits per heavy atom. The summed E-state index contributed by atoms with van der Waals surface area (Å²) < 4.78 is 12.4. The van der Waals surface area contributed by atoms with Gasteiger partial charge in [0.1, 0.15) is 0 Å². The van der Waals surface area contributed by atoms with Gasteiger partial charge in [0.05, 0.1) is 22.8 Å². The van der Waals surface area contributed by atoms with Gasteiger partial charge in [-0.05, 0) is 115 Å². The van der Waals surface area contributed by atoms with Crippen molar-refractivity contribution in [2.24, 2.45) is 9.98 Å². The van der Waals surface area contributed by atoms with Crippen molar-refractivity contribution in [3.8, 4) is 0 Å². The molecule has 0 unspecified atom stereocenters. The Hall–Kier alpha value is -0.413. The molecule has 39 heavy (non-hydrogen) atoms. The molecule has 0 amide bonds. The molecule has 9 heteroatoms. The number of benzene rings is 2. The molecule has 0 fully saturated rings. The van der Waals surface area contributed by atoms with Gasteiger partial charge in [-0.25, -0.2) is 0 Å². The Morgan fingerprint density at radius 1 is 0.641 bits per heavy atom. The van der Waals surface area contributed by atoms with Crippen LogP contribution >= 0.6 is 28.5 Å². The Morgan fingerprint density at radius 3 is 1.18 bits per heavy atom. The van der Waals surface area contributed by atoms with Gasteiger partial charge in [-0.3, -0.25) is 9.98 Å². The number of halogens is 2. The third-order valence-electron chi connectivity index (χ3n) is 5.89. The van der Waals surface area contributed by atoms with Gasteiger partial charge in [-0.2, -0.15) is 0 Å². The number of hydrogen-bond donors (Lipinski definition) is 0. The Kier molecular flexibility index (Phi) is 17.1. The number of nitrogens with zero attached hydrogens (tertiary/aromatic N) is 2. The first-order chi connectivity index (χ1) is 18.2. The van der Waals surface area contributed by atoms with Crippen LogP contribution in [0.3, 0.4) is 0 Å². The van der Waals surface area contributed by atoms with Gasteiger partial charge in [0.2, 0.25) is 0 Å². The summed E-state index contributed by atoms with van der Waals surface area (Å²) in [5.41, 5.74) is 9.04. The molecule has 0 aliphatic heterocycles. The first-order valence-electron chi connectivity index (χ1n) is 13.6. The third kappa shape index (κ3) is 15.4. The summed E-state index contributed by atoms with van der Waals surface area (Å²) in [5, 5.41) is 0. The van der Waals surface area contributed by atoms with E-state index in [4.69, 9.17) is 18.8 Å². The van der Waals surface area contributed by atoms with E-state index in [9.17, 15) is 0 Å². The Bertz CT molecular complexity index is 971. The first kappa shape index (κ1) is 36.6. The van der Waals surface area contributed by atoms with Crippen LogP contribution in [-0.2, 0) is 19.7 Å². The fourth-order valence-electron chi connectivity index (χ4n) is 4.00. The first-order valence-corrected chi connectivity index (χ1v) is 25.3. The predicted octanol–water partition coefficient (Wildman–Crippen LogP) is 10.7. The predicted molar refractivity (Wildman–Crippen MR) is 181 cm³/mol. The van der Waals surface area contributed by atoms with E-state index in [2.05, 4.69) is 132 Å². The van der Waals surface area contributed by atoms with E-state index >= 15 is 0 Å². The molecular weight excluding hydrogens is 695 g/mol. The van der Waals surface area contributed by atoms with Crippen LogP contribution in [0.15, 0.2) is 46.4 Å². The number of rotatable bonds is 13. The molecule has 0 radical (unpaired) electrons. The van der Waals surface area contributed by atoms with E-state index in [-0.39, 0.29) is 0 Å². The number of aliphatic imine (C=N–C) groups is 2. The van der Waals surface area contributed by atoms with Crippen LogP contribution in [0, 0.1) is 27.7 Å². The summed E-state index contributed by atoms with van der Waals surface area (Å²) in [7, 11) is -1.85. The van der Waals surface area contributed by atoms with Crippen molar-refractivity contribution in [2.75, 3.05) is 13.2 Å². The molecule has 0 aliphatic carbocycles. The summed E-state index contributed by atoms with van der Waals surface area (Å²) in [6, 6.07) is 12.8. The van der Waals surface area contributed by atoms with Gasteiger partial charge in [0.15, 0.2) is 16.6 Å². The minimum atomic E-state index is -1.55. The van der Waals surface area contributed by atoms with E-state index in [1.165, 1.54) is 33.2 Å². The molecule has 4 nitrogen and oxygen atoms in total. The zero-order chi connectivity index (χ0) is 29.6. The molecule has 0 saturated heterocycles. The Balaban J connectivity index is 0.00000242. The fraction of sp³-hybridized carbons (Fsp3) is 0.533. The van der Waals surface area contributed by atoms with E-state index < -0.39 is 16.6 Å². The van der Waals surface area contributed by atoms with E-state index in [0.29, 0.717) is 0 Å². The van der Waals surface area contributed by atoms with Gasteiger partial charge in [-0.15, -0.1) is 0 Å². The normalized spacial score (nSPS) is 12.9. The van der Waals surface area contributed by atoms with Gasteiger partial charge in [0, 0.05) is 13.2 Å². The summed E-state index contributed by atoms with van der Waals surface area (Å²) in [6.45, 7) is 23.5. The van der Waals surface area contributed by atoms with Crippen molar-refractivity contribution in [1.29, 1.82) is 0 Å². The quantitative estimate of drug-likeness (QED) is 0.117. The fourth-order valence-corrected chi connectivity index (χ4v) is 5.51. The van der Waals surface area contributed by atoms with Crippen molar-refractivity contribution in [2.45, 2.75) is 92.7 Å². The van der Waals surface area contributed by atoms with Crippen molar-refractivity contribution in [3.63, 3.8) is 0 Å². The van der Waals surface area contributed by atoms with Crippen molar-refractivity contribution in [3.05, 3.63) is 58.7 Å². The third-order valence-corrected chi connectivity index (χ3v) is 8.03. The van der Waals surface area contributed by atoms with Crippen LogP contribution in [0.1, 0.15) is 47.9 Å². The molecule has 0 N–H and O–H groups in total. The zero-order valence-corrected chi connectivity index (χ0v) is 31.6. The SMILES string of the molecule is Cc1cccc(C)c1N=C(CCCO[Si](C)(C)C)C(CCCO[Si](C)(C)C)=Nc1c(C)cccc1C.[Br][Ni][Br]. The van der Waals surface area contributed by atoms with Crippen LogP contribution < -0.4 is 0 Å². The molecule has 2 rings (SSSR count). The van der Waals surface area contributed by atoms with Crippen molar-refractivity contribution < 1.29 is 19.7 Å². The molecule has 0 spiro atoms. The second-order valence-electron chi connectivity index (χ2n) is 11.8. The summed E-state index contributed by atoms with van der Waals surface area (Å²) in [5.74, 6) is 0. The topological polar surface area (TPSA) is 43.2 Å². The van der Waals surface area contributed by atoms with E-state index in [0.717, 1.165) is 61.7 Å². The second kappa shape index (κ2) is 18.2. The van der Waals surface area contributed by atoms with Crippen molar-refractivity contribution >= 4 is 67.9 Å². The second-order valence-corrected chi connectivity index (χ2v) is 25.8. The molecule has 0 heterocycles. The molecule has 0 aliphatic rings. The Labute approximate surface area is 260 Å². The van der Waals surface area contributed by atoms with Crippen LogP contribution in [0.25, 0.3) is 0 Å². The average Bonchev–Trinajstić information content (AvgIpc) is 2.81. The van der Waals surface area contributed by atoms with Gasteiger partial charge in [-0.1, -0.05) is 36.4 Å². The number of hydrogen-bond acceptors (Lipinski definition) is 4. The van der Waals surface area contributed by atoms with Gasteiger partial charge >= 0.3 is 39.3 Å². The van der Waals surface area contributed by atoms with Crippen LogP contribution in [0.5, 0.6) is 0 Å². The van der Waals surface area contributed by atoms with Gasteiger partial charge in [0.25, 0.3) is 0 Å². The molecule has 0 aromatic heterocycles. The standard InChI is InChI=1S/C30H48N2O2Si2.2BrH.Ni/c1-23-15-11-16-24(2)29(23)31-27(19-13-21-33-35(5,6)7)28(20-14-22-34-36(8,9)10)32-30-25(3)17-12-18-26(30)4;;;/h11-12,15-18H,13-14,19-22H2,1-10H3;2*1H;/q;;;+2/p-2. The van der Waals surface area contributed by atoms with E-state index in [1.54, 1.807) is 0 Å². The molecule has 0 saturated carbocycles. The molecule has 2 aromatic rings. The average molecular weight is 743 g/mol. The van der Waals surface area contributed by atoms with Crippen LogP contribution in [-0.4, -0.2) is 41.3 Å². The molecule has 0 bridgehead atoms. The van der Waals surface area contributed by atoms with Gasteiger partial charge < -0.3 is 8.85 Å². The van der Waals surface area contributed by atoms with Crippen LogP contribution in [0.4, 0.5) is 11.4 Å². The number of para-hydroxylation sites is 2. The van der Waals surface area contributed by atoms with Crippen LogP contribution in [0.2, 0.25) is 39.3 Å².